The number of hydrogen-bond acceptors (Lipinski definition) is 4. The average Bonchev–Trinajstić information content (AvgIpc) is 2.64. The van der Waals surface area contributed by atoms with Crippen molar-refractivity contribution < 1.29 is 14.2 Å². The minimum absolute atomic E-state index is 0.270. The first kappa shape index (κ1) is 22.3. The van der Waals surface area contributed by atoms with E-state index in [2.05, 4.69) is 35.5 Å². The van der Waals surface area contributed by atoms with Crippen LogP contribution in [0.1, 0.15) is 32.8 Å². The van der Waals surface area contributed by atoms with Crippen LogP contribution in [-0.2, 0) is 16.0 Å². The summed E-state index contributed by atoms with van der Waals surface area (Å²) in [5, 5.41) is 6.68. The fraction of sp³-hybridized carbons (Fsp3) is 0.650. The topological polar surface area (TPSA) is 64.1 Å². The van der Waals surface area contributed by atoms with E-state index in [0.29, 0.717) is 25.7 Å². The van der Waals surface area contributed by atoms with Gasteiger partial charge in [-0.25, -0.2) is 0 Å². The minimum Gasteiger partial charge on any atom is -0.491 e. The van der Waals surface area contributed by atoms with E-state index in [-0.39, 0.29) is 6.10 Å². The molecule has 26 heavy (non-hydrogen) atoms. The summed E-state index contributed by atoms with van der Waals surface area (Å²) in [6.07, 6.45) is 1.22. The highest BCUT2D eigenvalue weighted by atomic mass is 16.5. The molecule has 148 valence electrons. The first-order chi connectivity index (χ1) is 12.6. The Morgan fingerprint density at radius 3 is 2.65 bits per heavy atom. The van der Waals surface area contributed by atoms with Gasteiger partial charge in [0.2, 0.25) is 0 Å². The van der Waals surface area contributed by atoms with E-state index >= 15 is 0 Å². The highest BCUT2D eigenvalue weighted by molar-refractivity contribution is 5.79. The molecule has 0 amide bonds. The second-order valence-corrected chi connectivity index (χ2v) is 6.37. The third-order valence-electron chi connectivity index (χ3n) is 3.98. The largest absolute Gasteiger partial charge is 0.491 e. The summed E-state index contributed by atoms with van der Waals surface area (Å²) in [5.74, 6) is 2.14. The molecular formula is C20H35N3O3. The molecule has 0 radical (unpaired) electrons. The predicted molar refractivity (Wildman–Crippen MR) is 107 cm³/mol. The first-order valence-electron chi connectivity index (χ1n) is 9.37. The second-order valence-electron chi connectivity index (χ2n) is 6.37. The van der Waals surface area contributed by atoms with Gasteiger partial charge in [-0.05, 0) is 37.0 Å². The number of ether oxygens (including phenoxy) is 3. The molecule has 0 aromatic heterocycles. The summed E-state index contributed by atoms with van der Waals surface area (Å²) in [4.78, 5) is 4.28. The average molecular weight is 366 g/mol. The second kappa shape index (κ2) is 13.4. The molecule has 0 aliphatic carbocycles. The number of benzene rings is 1. The van der Waals surface area contributed by atoms with Gasteiger partial charge in [-0.3, -0.25) is 4.99 Å². The maximum atomic E-state index is 5.78. The number of hydrogen-bond donors (Lipinski definition) is 2. The molecule has 0 saturated carbocycles. The molecule has 1 atom stereocenters. The van der Waals surface area contributed by atoms with Crippen LogP contribution in [0.4, 0.5) is 0 Å². The van der Waals surface area contributed by atoms with E-state index in [1.165, 1.54) is 0 Å². The van der Waals surface area contributed by atoms with Gasteiger partial charge in [-0.2, -0.15) is 0 Å². The summed E-state index contributed by atoms with van der Waals surface area (Å²) >= 11 is 0. The fourth-order valence-electron chi connectivity index (χ4n) is 2.55. The number of guanidine groups is 1. The van der Waals surface area contributed by atoms with Crippen molar-refractivity contribution in [3.63, 3.8) is 0 Å². The Bertz CT molecular complexity index is 521. The Kier molecular flexibility index (Phi) is 11.5. The zero-order chi connectivity index (χ0) is 19.2. The Morgan fingerprint density at radius 1 is 1.19 bits per heavy atom. The lowest BCUT2D eigenvalue weighted by atomic mass is 10.0. The van der Waals surface area contributed by atoms with Gasteiger partial charge in [0.15, 0.2) is 5.96 Å². The number of nitrogens with zero attached hydrogens (tertiary/aromatic N) is 1. The maximum Gasteiger partial charge on any atom is 0.191 e. The molecule has 0 aliphatic rings. The lowest BCUT2D eigenvalue weighted by Crippen LogP contribution is -2.38. The number of methoxy groups -OCH3 is 1. The molecule has 2 N–H and O–H groups in total. The standard InChI is InChI=1S/C20H35N3O3/c1-6-25-19(16(2)3)10-11-22-20(21-4)23-15-17-8-7-9-18(14-17)26-13-12-24-5/h7-9,14,16,19H,6,10-13,15H2,1-5H3,(H2,21,22,23). The van der Waals surface area contributed by atoms with Gasteiger partial charge < -0.3 is 24.8 Å². The lowest BCUT2D eigenvalue weighted by molar-refractivity contribution is 0.0258. The molecule has 6 nitrogen and oxygen atoms in total. The van der Waals surface area contributed by atoms with Gasteiger partial charge in [-0.15, -0.1) is 0 Å². The van der Waals surface area contributed by atoms with E-state index < -0.39 is 0 Å². The molecule has 0 heterocycles. The quantitative estimate of drug-likeness (QED) is 0.339. The molecule has 6 heteroatoms. The molecule has 1 unspecified atom stereocenters. The third kappa shape index (κ3) is 9.06. The molecule has 1 rings (SSSR count). The molecule has 0 bridgehead atoms. The van der Waals surface area contributed by atoms with E-state index in [4.69, 9.17) is 14.2 Å². The summed E-state index contributed by atoms with van der Waals surface area (Å²) in [5.41, 5.74) is 1.14. The monoisotopic (exact) mass is 365 g/mol. The highest BCUT2D eigenvalue weighted by Gasteiger charge is 2.12. The van der Waals surface area contributed by atoms with E-state index in [1.807, 2.05) is 25.1 Å². The highest BCUT2D eigenvalue weighted by Crippen LogP contribution is 2.13. The van der Waals surface area contributed by atoms with Gasteiger partial charge in [0.25, 0.3) is 0 Å². The Labute approximate surface area is 158 Å². The van der Waals surface area contributed by atoms with Gasteiger partial charge in [-0.1, -0.05) is 26.0 Å². The summed E-state index contributed by atoms with van der Waals surface area (Å²) < 4.78 is 16.4. The zero-order valence-electron chi connectivity index (χ0n) is 16.9. The van der Waals surface area contributed by atoms with Gasteiger partial charge in [0.05, 0.1) is 12.7 Å². The Morgan fingerprint density at radius 2 is 2.00 bits per heavy atom. The summed E-state index contributed by atoms with van der Waals surface area (Å²) in [7, 11) is 3.45. The van der Waals surface area contributed by atoms with Gasteiger partial charge >= 0.3 is 0 Å². The van der Waals surface area contributed by atoms with Crippen molar-refractivity contribution in [2.75, 3.05) is 40.5 Å². The predicted octanol–water partition coefficient (Wildman–Crippen LogP) is 2.83. The van der Waals surface area contributed by atoms with Crippen molar-refractivity contribution in [3.05, 3.63) is 29.8 Å². The third-order valence-corrected chi connectivity index (χ3v) is 3.98. The van der Waals surface area contributed by atoms with Gasteiger partial charge in [0.1, 0.15) is 12.4 Å². The molecule has 1 aromatic rings. The first-order valence-corrected chi connectivity index (χ1v) is 9.37. The van der Waals surface area contributed by atoms with Crippen molar-refractivity contribution in [1.29, 1.82) is 0 Å². The van der Waals surface area contributed by atoms with Crippen LogP contribution < -0.4 is 15.4 Å². The van der Waals surface area contributed by atoms with Crippen LogP contribution >= 0.6 is 0 Å². The van der Waals surface area contributed by atoms with Crippen molar-refractivity contribution in [2.45, 2.75) is 39.8 Å². The molecule has 1 aromatic carbocycles. The smallest absolute Gasteiger partial charge is 0.191 e. The van der Waals surface area contributed by atoms with Crippen LogP contribution in [0.25, 0.3) is 0 Å². The summed E-state index contributed by atoms with van der Waals surface area (Å²) in [6.45, 7) is 9.80. The SMILES string of the molecule is CCOC(CCNC(=NC)NCc1cccc(OCCOC)c1)C(C)C. The van der Waals surface area contributed by atoms with Crippen LogP contribution in [0.15, 0.2) is 29.3 Å². The molecule has 0 aliphatic heterocycles. The van der Waals surface area contributed by atoms with Crippen LogP contribution in [-0.4, -0.2) is 52.6 Å². The lowest BCUT2D eigenvalue weighted by Gasteiger charge is -2.21. The molecule has 0 saturated heterocycles. The maximum absolute atomic E-state index is 5.78. The van der Waals surface area contributed by atoms with Crippen LogP contribution in [0.5, 0.6) is 5.75 Å². The Hall–Kier alpha value is -1.79. The van der Waals surface area contributed by atoms with Crippen molar-refractivity contribution in [2.24, 2.45) is 10.9 Å². The Balaban J connectivity index is 2.40. The van der Waals surface area contributed by atoms with Gasteiger partial charge in [0, 0.05) is 33.9 Å². The zero-order valence-corrected chi connectivity index (χ0v) is 16.9. The van der Waals surface area contributed by atoms with E-state index in [0.717, 1.165) is 36.8 Å². The molecular weight excluding hydrogens is 330 g/mol. The number of aliphatic imine (C=N–C) groups is 1. The number of nitrogens with one attached hydrogen (secondary N) is 2. The molecule has 0 spiro atoms. The minimum atomic E-state index is 0.270. The van der Waals surface area contributed by atoms with Crippen LogP contribution in [0, 0.1) is 5.92 Å². The van der Waals surface area contributed by atoms with Crippen LogP contribution in [0.2, 0.25) is 0 Å². The van der Waals surface area contributed by atoms with Crippen LogP contribution in [0.3, 0.4) is 0 Å². The normalized spacial score (nSPS) is 12.9. The fourth-order valence-corrected chi connectivity index (χ4v) is 2.55. The van der Waals surface area contributed by atoms with E-state index in [9.17, 15) is 0 Å². The molecule has 0 fully saturated rings. The van der Waals surface area contributed by atoms with Crippen molar-refractivity contribution in [1.82, 2.24) is 10.6 Å². The van der Waals surface area contributed by atoms with E-state index in [1.54, 1.807) is 14.2 Å². The van der Waals surface area contributed by atoms with Crippen molar-refractivity contribution >= 4 is 5.96 Å². The summed E-state index contributed by atoms with van der Waals surface area (Å²) in [6, 6.07) is 8.03. The van der Waals surface area contributed by atoms with Crippen molar-refractivity contribution in [3.8, 4) is 5.75 Å². The number of rotatable bonds is 12.